The molecular formula is GeMgNaO. The molecule has 0 aliphatic carbocycles. The van der Waals surface area contributed by atoms with Crippen molar-refractivity contribution in [3.8, 4) is 0 Å². The van der Waals surface area contributed by atoms with Gasteiger partial charge < -0.3 is 0 Å². The van der Waals surface area contributed by atoms with Gasteiger partial charge in [-0.2, -0.15) is 0 Å². The SMILES string of the molecule is [Mg].[Na].[O]=[Ge]. The Kier molecular flexibility index (Phi) is 80.0. The van der Waals surface area contributed by atoms with Gasteiger partial charge in [-0.3, -0.25) is 0 Å². The number of hydrogen-bond donors (Lipinski definition) is 0. The first kappa shape index (κ1) is 16.5. The fraction of sp³-hybridized carbons (Fsp3) is 0. The van der Waals surface area contributed by atoms with Crippen LogP contribution in [0.3, 0.4) is 0 Å². The second kappa shape index (κ2) is 19.4. The standard InChI is InChI=1S/GeO.Mg.Na/c1-2;;. The third kappa shape index (κ3) is 8.93. The molecule has 0 saturated carbocycles. The van der Waals surface area contributed by atoms with Gasteiger partial charge in [0.15, 0.2) is 0 Å². The van der Waals surface area contributed by atoms with E-state index in [4.69, 9.17) is 3.78 Å². The molecule has 0 fully saturated rings. The van der Waals surface area contributed by atoms with Crippen LogP contribution in [0.4, 0.5) is 0 Å². The van der Waals surface area contributed by atoms with E-state index in [1.54, 1.807) is 0 Å². The zero-order chi connectivity index (χ0) is 2.00. The fourth-order valence-electron chi connectivity index (χ4n) is 0. The normalized spacial score (nSPS) is 1.00. The zero-order valence-corrected chi connectivity index (χ0v) is 8.13. The van der Waals surface area contributed by atoms with E-state index in [1.807, 2.05) is 0 Å². The van der Waals surface area contributed by atoms with Crippen molar-refractivity contribution in [2.45, 2.75) is 0 Å². The molecule has 0 atom stereocenters. The van der Waals surface area contributed by atoms with Crippen molar-refractivity contribution in [3.05, 3.63) is 0 Å². The van der Waals surface area contributed by atoms with Crippen LogP contribution >= 0.6 is 0 Å². The maximum absolute atomic E-state index is 8.25. The molecule has 0 rings (SSSR count). The average Bonchev–Trinajstić information content (AvgIpc) is 1.00. The minimum absolute atomic E-state index is 0. The van der Waals surface area contributed by atoms with E-state index in [0.29, 0.717) is 0 Å². The van der Waals surface area contributed by atoms with E-state index in [9.17, 15) is 0 Å². The monoisotopic (exact) mass is 137 g/mol. The molecule has 0 unspecified atom stereocenters. The summed E-state index contributed by atoms with van der Waals surface area (Å²) in [5.41, 5.74) is 0. The first-order chi connectivity index (χ1) is 1.00. The Morgan fingerprint density at radius 2 is 1.25 bits per heavy atom. The van der Waals surface area contributed by atoms with Crippen LogP contribution < -0.4 is 0 Å². The molecule has 0 saturated heterocycles. The van der Waals surface area contributed by atoms with Crippen LogP contribution in [0.5, 0.6) is 0 Å². The summed E-state index contributed by atoms with van der Waals surface area (Å²) in [4.78, 5) is 0. The summed E-state index contributed by atoms with van der Waals surface area (Å²) in [5.74, 6) is 0. The van der Waals surface area contributed by atoms with Crippen LogP contribution in [-0.4, -0.2) is 69.1 Å². The first-order valence-electron chi connectivity index (χ1n) is 0.204. The first-order valence-corrected chi connectivity index (χ1v) is 1.06. The molecule has 0 bridgehead atoms. The van der Waals surface area contributed by atoms with Gasteiger partial charge in [0, 0.05) is 52.6 Å². The Morgan fingerprint density at radius 3 is 1.25 bits per heavy atom. The van der Waals surface area contributed by atoms with Gasteiger partial charge in [0.25, 0.3) is 0 Å². The van der Waals surface area contributed by atoms with Gasteiger partial charge >= 0.3 is 20.2 Å². The van der Waals surface area contributed by atoms with E-state index in [-0.39, 0.29) is 52.6 Å². The van der Waals surface area contributed by atoms with Gasteiger partial charge in [-0.25, -0.2) is 0 Å². The number of hydrogen-bond acceptors (Lipinski definition) is 1. The molecule has 0 aliphatic rings. The molecule has 0 aliphatic heterocycles. The van der Waals surface area contributed by atoms with Crippen LogP contribution in [0.2, 0.25) is 0 Å². The summed E-state index contributed by atoms with van der Waals surface area (Å²) in [5, 5.41) is 0. The zero-order valence-electron chi connectivity index (χ0n) is 2.62. The molecular weight excluding hydrogens is 136 g/mol. The summed E-state index contributed by atoms with van der Waals surface area (Å²) in [6, 6.07) is 0. The molecule has 13 valence electrons. The number of rotatable bonds is 0. The summed E-state index contributed by atoms with van der Waals surface area (Å²) >= 11 is 0.750. The molecule has 0 aromatic carbocycles. The van der Waals surface area contributed by atoms with E-state index >= 15 is 0 Å². The molecule has 1 nitrogen and oxygen atoms in total. The second-order valence-corrected chi connectivity index (χ2v) is 0. The van der Waals surface area contributed by atoms with Gasteiger partial charge in [-0.1, -0.05) is 0 Å². The molecule has 0 heterocycles. The molecule has 4 heteroatoms. The van der Waals surface area contributed by atoms with Crippen molar-refractivity contribution < 1.29 is 3.78 Å². The van der Waals surface area contributed by atoms with Gasteiger partial charge in [0.1, 0.15) is 0 Å². The van der Waals surface area contributed by atoms with Crippen molar-refractivity contribution in [1.82, 2.24) is 0 Å². The summed E-state index contributed by atoms with van der Waals surface area (Å²) < 4.78 is 8.25. The molecule has 0 N–H and O–H groups in total. The Balaban J connectivity index is -0.00000000500. The van der Waals surface area contributed by atoms with E-state index in [0.717, 1.165) is 16.5 Å². The molecule has 4 heavy (non-hydrogen) atoms. The molecule has 0 aromatic heterocycles. The predicted molar refractivity (Wildman–Crippen MR) is 17.9 cm³/mol. The molecule has 0 aromatic rings. The maximum atomic E-state index is 8.25. The van der Waals surface area contributed by atoms with Crippen molar-refractivity contribution in [2.75, 3.05) is 0 Å². The predicted octanol–water partition coefficient (Wildman–Crippen LogP) is -1.26. The van der Waals surface area contributed by atoms with Crippen molar-refractivity contribution >= 4 is 69.1 Å². The summed E-state index contributed by atoms with van der Waals surface area (Å²) in [7, 11) is 0. The van der Waals surface area contributed by atoms with E-state index < -0.39 is 0 Å². The van der Waals surface area contributed by atoms with Crippen LogP contribution in [0.1, 0.15) is 0 Å². The fourth-order valence-corrected chi connectivity index (χ4v) is 0. The quantitative estimate of drug-likeness (QED) is 0.380. The van der Waals surface area contributed by atoms with Crippen molar-refractivity contribution in [3.63, 3.8) is 0 Å². The van der Waals surface area contributed by atoms with Crippen LogP contribution in [0.25, 0.3) is 0 Å². The van der Waals surface area contributed by atoms with Crippen molar-refractivity contribution in [2.24, 2.45) is 0 Å². The molecule has 0 amide bonds. The van der Waals surface area contributed by atoms with Gasteiger partial charge in [0.05, 0.1) is 0 Å². The van der Waals surface area contributed by atoms with Crippen molar-refractivity contribution in [1.29, 1.82) is 0 Å². The van der Waals surface area contributed by atoms with Crippen LogP contribution in [0, 0.1) is 0 Å². The third-order valence-corrected chi connectivity index (χ3v) is 0. The summed E-state index contributed by atoms with van der Waals surface area (Å²) in [6.07, 6.45) is 0. The van der Waals surface area contributed by atoms with Crippen LogP contribution in [-0.2, 0) is 3.78 Å². The van der Waals surface area contributed by atoms with Gasteiger partial charge in [0.2, 0.25) is 0 Å². The minimum atomic E-state index is 0. The Morgan fingerprint density at radius 1 is 1.25 bits per heavy atom. The second-order valence-electron chi connectivity index (χ2n) is 0. The Labute approximate surface area is 71.8 Å². The van der Waals surface area contributed by atoms with E-state index in [2.05, 4.69) is 0 Å². The Bertz CT molecular complexity index is 8.00. The topological polar surface area (TPSA) is 17.1 Å². The van der Waals surface area contributed by atoms with Crippen LogP contribution in [0.15, 0.2) is 0 Å². The molecule has 5 radical (unpaired) electrons. The molecule has 0 spiro atoms. The third-order valence-electron chi connectivity index (χ3n) is 0. The van der Waals surface area contributed by atoms with E-state index in [1.165, 1.54) is 0 Å². The van der Waals surface area contributed by atoms with Gasteiger partial charge in [-0.05, 0) is 0 Å². The average molecular weight is 136 g/mol. The summed E-state index contributed by atoms with van der Waals surface area (Å²) in [6.45, 7) is 0. The Hall–Kier alpha value is 2.11. The van der Waals surface area contributed by atoms with Gasteiger partial charge in [-0.15, -0.1) is 0 Å².